The number of methoxy groups -OCH3 is 1. The Morgan fingerprint density at radius 1 is 1.44 bits per heavy atom. The van der Waals surface area contributed by atoms with E-state index in [-0.39, 0.29) is 23.2 Å². The van der Waals surface area contributed by atoms with Crippen LogP contribution in [0.5, 0.6) is 0 Å². The molecule has 0 saturated heterocycles. The van der Waals surface area contributed by atoms with Crippen molar-refractivity contribution in [2.75, 3.05) is 13.7 Å². The first-order valence-electron chi connectivity index (χ1n) is 8.30. The van der Waals surface area contributed by atoms with Gasteiger partial charge in [0.05, 0.1) is 17.0 Å². The van der Waals surface area contributed by atoms with E-state index < -0.39 is 0 Å². The van der Waals surface area contributed by atoms with Crippen LogP contribution >= 0.6 is 0 Å². The van der Waals surface area contributed by atoms with Gasteiger partial charge >= 0.3 is 0 Å². The molecule has 1 aromatic carbocycles. The molecule has 0 radical (unpaired) electrons. The molecule has 1 aromatic heterocycles. The van der Waals surface area contributed by atoms with Gasteiger partial charge in [-0.15, -0.1) is 0 Å². The lowest BCUT2D eigenvalue weighted by Crippen LogP contribution is -2.55. The first kappa shape index (κ1) is 17.6. The number of halogens is 1. The molecule has 3 N–H and O–H groups in total. The van der Waals surface area contributed by atoms with Crippen molar-refractivity contribution in [2.45, 2.75) is 31.9 Å². The van der Waals surface area contributed by atoms with Crippen molar-refractivity contribution in [2.24, 2.45) is 11.7 Å². The number of carbonyl (C=O) groups is 1. The van der Waals surface area contributed by atoms with Crippen molar-refractivity contribution in [3.8, 4) is 5.69 Å². The summed E-state index contributed by atoms with van der Waals surface area (Å²) in [5, 5.41) is 7.38. The third kappa shape index (κ3) is 3.57. The number of hydrogen-bond acceptors (Lipinski definition) is 4. The maximum absolute atomic E-state index is 13.0. The molecule has 0 unspecified atom stereocenters. The molecule has 3 rings (SSSR count). The number of aryl methyl sites for hydroxylation is 1. The molecule has 1 aliphatic rings. The molecule has 0 aliphatic heterocycles. The zero-order valence-corrected chi connectivity index (χ0v) is 14.5. The number of ether oxygens (including phenoxy) is 1. The molecule has 0 spiro atoms. The molecule has 1 heterocycles. The summed E-state index contributed by atoms with van der Waals surface area (Å²) in [6, 6.07) is 6.11. The van der Waals surface area contributed by atoms with E-state index in [0.717, 1.165) is 16.9 Å². The Balaban J connectivity index is 1.59. The third-order valence-electron chi connectivity index (χ3n) is 4.96. The van der Waals surface area contributed by atoms with E-state index in [4.69, 9.17) is 10.5 Å². The van der Waals surface area contributed by atoms with Gasteiger partial charge in [-0.1, -0.05) is 0 Å². The number of nitrogens with one attached hydrogen (secondary N) is 1. The molecule has 1 fully saturated rings. The Morgan fingerprint density at radius 3 is 2.72 bits per heavy atom. The number of hydrogen-bond donors (Lipinski definition) is 2. The van der Waals surface area contributed by atoms with Crippen molar-refractivity contribution in [3.63, 3.8) is 0 Å². The fourth-order valence-corrected chi connectivity index (χ4v) is 3.16. The van der Waals surface area contributed by atoms with Crippen LogP contribution in [0, 0.1) is 18.7 Å². The summed E-state index contributed by atoms with van der Waals surface area (Å²) in [6.07, 6.45) is 3.16. The van der Waals surface area contributed by atoms with Gasteiger partial charge in [0.15, 0.2) is 0 Å². The summed E-state index contributed by atoms with van der Waals surface area (Å²) in [5.74, 6) is -0.337. The minimum absolute atomic E-state index is 0.00931. The molecular weight excluding hydrogens is 323 g/mol. The predicted molar refractivity (Wildman–Crippen MR) is 91.6 cm³/mol. The van der Waals surface area contributed by atoms with E-state index in [1.165, 1.54) is 12.1 Å². The maximum atomic E-state index is 13.0. The fraction of sp³-hybridized carbons (Fsp3) is 0.444. The second-order valence-corrected chi connectivity index (χ2v) is 6.57. The van der Waals surface area contributed by atoms with Crippen molar-refractivity contribution in [3.05, 3.63) is 47.5 Å². The van der Waals surface area contributed by atoms with E-state index in [9.17, 15) is 9.18 Å². The smallest absolute Gasteiger partial charge is 0.223 e. The van der Waals surface area contributed by atoms with Crippen molar-refractivity contribution < 1.29 is 13.9 Å². The number of rotatable bonds is 6. The molecule has 134 valence electrons. The number of nitrogens with zero attached hydrogens (tertiary/aromatic N) is 2. The molecule has 2 aromatic rings. The summed E-state index contributed by atoms with van der Waals surface area (Å²) < 4.78 is 20.1. The normalized spacial score (nSPS) is 22.5. The lowest BCUT2D eigenvalue weighted by Gasteiger charge is -2.44. The molecule has 1 saturated carbocycles. The summed E-state index contributed by atoms with van der Waals surface area (Å²) in [7, 11) is 1.63. The Hall–Kier alpha value is -2.25. The number of amides is 1. The summed E-state index contributed by atoms with van der Waals surface area (Å²) in [5.41, 5.74) is 7.88. The van der Waals surface area contributed by atoms with Crippen LogP contribution in [-0.4, -0.2) is 34.9 Å². The van der Waals surface area contributed by atoms with Crippen LogP contribution in [-0.2, 0) is 16.1 Å². The summed E-state index contributed by atoms with van der Waals surface area (Å²) >= 11 is 0. The predicted octanol–water partition coefficient (Wildman–Crippen LogP) is 1.69. The van der Waals surface area contributed by atoms with Crippen LogP contribution in [0.15, 0.2) is 30.5 Å². The van der Waals surface area contributed by atoms with Gasteiger partial charge in [0.25, 0.3) is 0 Å². The van der Waals surface area contributed by atoms with Crippen molar-refractivity contribution in [1.82, 2.24) is 15.1 Å². The van der Waals surface area contributed by atoms with E-state index in [1.54, 1.807) is 23.9 Å². The average Bonchev–Trinajstić information content (AvgIpc) is 2.94. The van der Waals surface area contributed by atoms with Gasteiger partial charge in [-0.3, -0.25) is 4.79 Å². The Labute approximate surface area is 146 Å². The van der Waals surface area contributed by atoms with Gasteiger partial charge in [0.2, 0.25) is 5.91 Å². The van der Waals surface area contributed by atoms with E-state index >= 15 is 0 Å². The largest absolute Gasteiger partial charge is 0.377 e. The molecule has 7 heteroatoms. The Morgan fingerprint density at radius 2 is 2.12 bits per heavy atom. The second-order valence-electron chi connectivity index (χ2n) is 6.57. The number of nitrogens with two attached hydrogens (primary N) is 1. The first-order valence-corrected chi connectivity index (χ1v) is 8.30. The standard InChI is InChI=1S/C18H23FN4O2/c1-12-14(10-23(22-12)16-5-3-15(19)4-6-16)9-21-17(24)13-7-18(8-13,11-20)25-2/h3-6,10,13H,7-9,11,20H2,1-2H3,(H,21,24). The van der Waals surface area contributed by atoms with Gasteiger partial charge in [0, 0.05) is 37.9 Å². The van der Waals surface area contributed by atoms with Crippen LogP contribution in [0.25, 0.3) is 5.69 Å². The quantitative estimate of drug-likeness (QED) is 0.834. The van der Waals surface area contributed by atoms with Crippen LogP contribution < -0.4 is 11.1 Å². The number of benzene rings is 1. The molecular formula is C18H23FN4O2. The number of carbonyl (C=O) groups excluding carboxylic acids is 1. The SMILES string of the molecule is COC1(CN)CC(C(=O)NCc2cn(-c3ccc(F)cc3)nc2C)C1. The van der Waals surface area contributed by atoms with Crippen molar-refractivity contribution in [1.29, 1.82) is 0 Å². The number of aromatic nitrogens is 2. The first-order chi connectivity index (χ1) is 12.0. The Bertz CT molecular complexity index is 745. The van der Waals surface area contributed by atoms with Gasteiger partial charge in [-0.05, 0) is 44.0 Å². The molecule has 25 heavy (non-hydrogen) atoms. The fourth-order valence-electron chi connectivity index (χ4n) is 3.16. The highest BCUT2D eigenvalue weighted by Gasteiger charge is 2.46. The molecule has 1 aliphatic carbocycles. The van der Waals surface area contributed by atoms with Crippen LogP contribution in [0.3, 0.4) is 0 Å². The zero-order valence-electron chi connectivity index (χ0n) is 14.5. The zero-order chi connectivity index (χ0) is 18.0. The third-order valence-corrected chi connectivity index (χ3v) is 4.96. The lowest BCUT2D eigenvalue weighted by atomic mass is 9.70. The minimum atomic E-state index is -0.342. The van der Waals surface area contributed by atoms with Gasteiger partial charge in [-0.2, -0.15) is 5.10 Å². The highest BCUT2D eigenvalue weighted by Crippen LogP contribution is 2.39. The molecule has 0 atom stereocenters. The van der Waals surface area contributed by atoms with Crippen LogP contribution in [0.1, 0.15) is 24.1 Å². The highest BCUT2D eigenvalue weighted by molar-refractivity contribution is 5.80. The van der Waals surface area contributed by atoms with Gasteiger partial charge in [0.1, 0.15) is 5.82 Å². The van der Waals surface area contributed by atoms with E-state index in [0.29, 0.717) is 25.9 Å². The van der Waals surface area contributed by atoms with Gasteiger partial charge < -0.3 is 15.8 Å². The monoisotopic (exact) mass is 346 g/mol. The Kier molecular flexibility index (Phi) is 4.87. The molecule has 1 amide bonds. The second kappa shape index (κ2) is 6.93. The minimum Gasteiger partial charge on any atom is -0.377 e. The van der Waals surface area contributed by atoms with E-state index in [2.05, 4.69) is 10.4 Å². The summed E-state index contributed by atoms with van der Waals surface area (Å²) in [6.45, 7) is 2.72. The maximum Gasteiger partial charge on any atom is 0.223 e. The molecule has 0 bridgehead atoms. The topological polar surface area (TPSA) is 82.2 Å². The summed E-state index contributed by atoms with van der Waals surface area (Å²) in [4.78, 5) is 12.3. The molecule has 6 nitrogen and oxygen atoms in total. The van der Waals surface area contributed by atoms with Gasteiger partial charge in [-0.25, -0.2) is 9.07 Å². The van der Waals surface area contributed by atoms with E-state index in [1.807, 2.05) is 13.1 Å². The van der Waals surface area contributed by atoms with Crippen molar-refractivity contribution >= 4 is 5.91 Å². The van der Waals surface area contributed by atoms with Crippen LogP contribution in [0.4, 0.5) is 4.39 Å². The lowest BCUT2D eigenvalue weighted by molar-refractivity contribution is -0.145. The van der Waals surface area contributed by atoms with Crippen LogP contribution in [0.2, 0.25) is 0 Å². The average molecular weight is 346 g/mol. The highest BCUT2D eigenvalue weighted by atomic mass is 19.1.